The van der Waals surface area contributed by atoms with E-state index in [0.717, 1.165) is 0 Å². The molecule has 0 N–H and O–H groups in total. The molecule has 0 saturated carbocycles. The summed E-state index contributed by atoms with van der Waals surface area (Å²) in [5, 5.41) is 92.9. The minimum atomic E-state index is -1.32. The summed E-state index contributed by atoms with van der Waals surface area (Å²) in [6.45, 7) is 0. The summed E-state index contributed by atoms with van der Waals surface area (Å²) >= 11 is 0. The number of hydrogen-bond donors (Lipinski definition) is 0. The van der Waals surface area contributed by atoms with E-state index >= 15 is 0 Å². The molecule has 0 spiro atoms. The first-order valence-corrected chi connectivity index (χ1v) is 11.6. The maximum atomic E-state index is 12.2. The van der Waals surface area contributed by atoms with Crippen molar-refractivity contribution >= 4 is 56.3 Å². The van der Waals surface area contributed by atoms with Gasteiger partial charge in [-0.2, -0.15) is 0 Å². The van der Waals surface area contributed by atoms with Crippen molar-refractivity contribution in [3.8, 4) is 22.3 Å². The minimum absolute atomic E-state index is 0.297. The fourth-order valence-corrected chi connectivity index (χ4v) is 4.66. The molecule has 0 unspecified atom stereocenters. The molecule has 0 aliphatic carbocycles. The average Bonchev–Trinajstić information content (AvgIpc) is 2.98. The highest BCUT2D eigenvalue weighted by atomic mass is 16.7. The van der Waals surface area contributed by atoms with Gasteiger partial charge in [0.1, 0.15) is 11.1 Å². The van der Waals surface area contributed by atoms with Gasteiger partial charge in [-0.3, -0.25) is 80.9 Å². The second-order valence-electron chi connectivity index (χ2n) is 8.82. The van der Waals surface area contributed by atoms with Gasteiger partial charge in [0.05, 0.1) is 75.1 Å². The van der Waals surface area contributed by atoms with E-state index in [9.17, 15) is 80.9 Å². The maximum Gasteiger partial charge on any atom is 0.291 e. The second-order valence-corrected chi connectivity index (χ2v) is 8.82. The van der Waals surface area contributed by atoms with E-state index in [4.69, 9.17) is 0 Å². The Hall–Kier alpha value is -7.66. The van der Waals surface area contributed by atoms with E-state index in [1.165, 1.54) is 0 Å². The summed E-state index contributed by atoms with van der Waals surface area (Å²) in [5.74, 6) is 0. The van der Waals surface area contributed by atoms with Crippen LogP contribution < -0.4 is 0 Å². The summed E-state index contributed by atoms with van der Waals surface area (Å²) in [6, 6.07) is 3.43. The molecule has 24 heteroatoms. The fourth-order valence-electron chi connectivity index (χ4n) is 4.66. The van der Waals surface area contributed by atoms with Crippen molar-refractivity contribution in [3.05, 3.63) is 129 Å². The van der Waals surface area contributed by atoms with Crippen LogP contribution in [0.1, 0.15) is 0 Å². The van der Waals surface area contributed by atoms with Crippen molar-refractivity contribution < 1.29 is 39.4 Å². The third-order valence-electron chi connectivity index (χ3n) is 6.40. The van der Waals surface area contributed by atoms with Gasteiger partial charge in [0.15, 0.2) is 0 Å². The molecule has 0 heterocycles. The quantitative estimate of drug-likeness (QED) is 0.154. The first-order valence-electron chi connectivity index (χ1n) is 11.6. The number of nitro groups is 8. The fraction of sp³-hybridized carbons (Fsp3) is 0. The van der Waals surface area contributed by atoms with E-state index in [-0.39, 0.29) is 0 Å². The van der Waals surface area contributed by atoms with Crippen molar-refractivity contribution in [2.24, 2.45) is 0 Å². The Bertz CT molecular complexity index is 2080. The van der Waals surface area contributed by atoms with Gasteiger partial charge >= 0.3 is 0 Å². The monoisotopic (exact) mass is 640 g/mol. The van der Waals surface area contributed by atoms with Gasteiger partial charge in [0.2, 0.25) is 0 Å². The summed E-state index contributed by atoms with van der Waals surface area (Å²) in [6.07, 6.45) is 0. The first kappa shape index (κ1) is 31.3. The Morgan fingerprint density at radius 2 is 0.630 bits per heavy atom. The van der Waals surface area contributed by atoms with Crippen LogP contribution in [0.4, 0.5) is 45.5 Å². The Labute approximate surface area is 247 Å². The Morgan fingerprint density at radius 3 is 0.957 bits per heavy atom. The van der Waals surface area contributed by atoms with Gasteiger partial charge in [-0.1, -0.05) is 12.1 Å². The average molecular weight is 640 g/mol. The van der Waals surface area contributed by atoms with Crippen molar-refractivity contribution in [2.45, 2.75) is 0 Å². The standard InChI is InChI=1S/C22H8N8O16/c31-23(32)9-3-14-12(21-16(27(39)40)5-10(24(33)34)6-17(21)28(41)42)1-2-13(20(14)15(4-9)26(37)38)22-18(29(43)44)7-11(25(35)36)8-19(22)30(45)46/h1-8H. The summed E-state index contributed by atoms with van der Waals surface area (Å²) in [7, 11) is 0. The van der Waals surface area contributed by atoms with Crippen LogP contribution in [0.25, 0.3) is 33.0 Å². The van der Waals surface area contributed by atoms with Crippen LogP contribution in [0.5, 0.6) is 0 Å². The SMILES string of the molecule is O=[N+]([O-])c1cc([N+](=O)[O-])c(-c2ccc(-c3c([N+](=O)[O-])cc([N+](=O)[O-])cc3[N+](=O)[O-])c3c([N+](=O)[O-])cc([N+](=O)[O-])cc23)c([N+](=O)[O-])c1. The molecular weight excluding hydrogens is 632 g/mol. The zero-order valence-electron chi connectivity index (χ0n) is 21.7. The van der Waals surface area contributed by atoms with Gasteiger partial charge in [-0.25, -0.2) is 0 Å². The van der Waals surface area contributed by atoms with Crippen molar-refractivity contribution in [3.63, 3.8) is 0 Å². The third-order valence-corrected chi connectivity index (χ3v) is 6.40. The van der Waals surface area contributed by atoms with Gasteiger partial charge in [-0.05, 0) is 0 Å². The highest BCUT2D eigenvalue weighted by molar-refractivity contribution is 6.14. The normalized spacial score (nSPS) is 10.7. The molecule has 232 valence electrons. The largest absolute Gasteiger partial charge is 0.291 e. The molecule has 0 aromatic heterocycles. The number of fused-ring (bicyclic) bond motifs is 1. The smallest absolute Gasteiger partial charge is 0.258 e. The minimum Gasteiger partial charge on any atom is -0.258 e. The number of nitrogens with zero attached hydrogens (tertiary/aromatic N) is 8. The number of hydrogen-bond acceptors (Lipinski definition) is 16. The van der Waals surface area contributed by atoms with Gasteiger partial charge in [0, 0.05) is 22.6 Å². The van der Waals surface area contributed by atoms with E-state index in [0.29, 0.717) is 48.5 Å². The van der Waals surface area contributed by atoms with Crippen LogP contribution in [0, 0.1) is 80.9 Å². The number of rotatable bonds is 10. The molecule has 0 atom stereocenters. The Kier molecular flexibility index (Phi) is 7.62. The second kappa shape index (κ2) is 11.2. The lowest BCUT2D eigenvalue weighted by Gasteiger charge is -2.13. The lowest BCUT2D eigenvalue weighted by Crippen LogP contribution is -2.04. The van der Waals surface area contributed by atoms with Crippen molar-refractivity contribution in [2.75, 3.05) is 0 Å². The maximum absolute atomic E-state index is 12.2. The number of non-ortho nitro benzene ring substituents is 4. The Balaban J connectivity index is 2.38. The number of benzene rings is 4. The van der Waals surface area contributed by atoms with E-state index in [1.54, 1.807) is 0 Å². The van der Waals surface area contributed by atoms with E-state index in [2.05, 4.69) is 0 Å². The summed E-state index contributed by atoms with van der Waals surface area (Å²) in [5.41, 5.74) is -13.6. The van der Waals surface area contributed by atoms with Crippen LogP contribution in [-0.4, -0.2) is 39.4 Å². The predicted molar refractivity (Wildman–Crippen MR) is 148 cm³/mol. The molecule has 4 aromatic carbocycles. The number of nitro benzene ring substituents is 8. The van der Waals surface area contributed by atoms with Gasteiger partial charge in [0.25, 0.3) is 45.5 Å². The zero-order valence-corrected chi connectivity index (χ0v) is 21.7. The molecular formula is C22H8N8O16. The molecule has 0 aliphatic rings. The molecule has 0 radical (unpaired) electrons. The van der Waals surface area contributed by atoms with Crippen LogP contribution >= 0.6 is 0 Å². The van der Waals surface area contributed by atoms with E-state index < -0.39 is 118 Å². The zero-order chi connectivity index (χ0) is 34.4. The molecule has 0 aliphatic heterocycles. The van der Waals surface area contributed by atoms with Gasteiger partial charge in [-0.15, -0.1) is 0 Å². The summed E-state index contributed by atoms with van der Waals surface area (Å²) < 4.78 is 0. The lowest BCUT2D eigenvalue weighted by molar-refractivity contribution is -0.402. The molecule has 24 nitrogen and oxygen atoms in total. The molecule has 0 bridgehead atoms. The van der Waals surface area contributed by atoms with Crippen molar-refractivity contribution in [1.82, 2.24) is 0 Å². The highest BCUT2D eigenvalue weighted by Crippen LogP contribution is 2.51. The van der Waals surface area contributed by atoms with Gasteiger partial charge < -0.3 is 0 Å². The molecule has 46 heavy (non-hydrogen) atoms. The predicted octanol–water partition coefficient (Wildman–Crippen LogP) is 5.44. The van der Waals surface area contributed by atoms with Crippen LogP contribution in [0.15, 0.2) is 48.5 Å². The Morgan fingerprint density at radius 1 is 0.348 bits per heavy atom. The third kappa shape index (κ3) is 5.21. The lowest BCUT2D eigenvalue weighted by atomic mass is 9.88. The van der Waals surface area contributed by atoms with Crippen LogP contribution in [-0.2, 0) is 0 Å². The molecule has 0 amide bonds. The molecule has 4 rings (SSSR count). The molecule has 0 saturated heterocycles. The molecule has 4 aromatic rings. The van der Waals surface area contributed by atoms with Crippen LogP contribution in [0.2, 0.25) is 0 Å². The van der Waals surface area contributed by atoms with E-state index in [1.807, 2.05) is 0 Å². The highest BCUT2D eigenvalue weighted by Gasteiger charge is 2.38. The topological polar surface area (TPSA) is 345 Å². The molecule has 0 fully saturated rings. The van der Waals surface area contributed by atoms with Crippen LogP contribution in [0.3, 0.4) is 0 Å². The van der Waals surface area contributed by atoms with Crippen molar-refractivity contribution in [1.29, 1.82) is 0 Å². The first-order chi connectivity index (χ1) is 21.5. The summed E-state index contributed by atoms with van der Waals surface area (Å²) in [4.78, 5) is 84.6.